The summed E-state index contributed by atoms with van der Waals surface area (Å²) in [6, 6.07) is 9.64. The van der Waals surface area contributed by atoms with Crippen LogP contribution in [0.1, 0.15) is 30.8 Å². The molecular formula is C22H23N5O4S2. The number of rotatable bonds is 5. The second kappa shape index (κ2) is 8.64. The van der Waals surface area contributed by atoms with Crippen LogP contribution in [0.25, 0.3) is 11.8 Å². The third kappa shape index (κ3) is 4.13. The van der Waals surface area contributed by atoms with Crippen LogP contribution in [-0.4, -0.2) is 51.6 Å². The number of aryl methyl sites for hydroxylation is 1. The van der Waals surface area contributed by atoms with Crippen LogP contribution in [-0.2, 0) is 14.6 Å². The van der Waals surface area contributed by atoms with Gasteiger partial charge in [0, 0.05) is 17.1 Å². The lowest BCUT2D eigenvalue weighted by molar-refractivity contribution is -0.114. The van der Waals surface area contributed by atoms with E-state index in [1.165, 1.54) is 6.92 Å². The molecular weight excluding hydrogens is 462 g/mol. The number of aromatic nitrogens is 1. The van der Waals surface area contributed by atoms with Crippen LogP contribution in [0.5, 0.6) is 5.75 Å². The van der Waals surface area contributed by atoms with E-state index in [4.69, 9.17) is 10.1 Å². The summed E-state index contributed by atoms with van der Waals surface area (Å²) in [6.07, 6.45) is 1.60. The van der Waals surface area contributed by atoms with E-state index in [2.05, 4.69) is 10.1 Å². The first-order valence-electron chi connectivity index (χ1n) is 10.3. The smallest absolute Gasteiger partial charge is 0.283 e. The zero-order valence-corrected chi connectivity index (χ0v) is 20.2. The first-order chi connectivity index (χ1) is 15.7. The van der Waals surface area contributed by atoms with E-state index in [0.717, 1.165) is 45.2 Å². The molecule has 1 aromatic heterocycles. The molecule has 3 heterocycles. The Balaban J connectivity index is 1.70. The maximum atomic E-state index is 12.7. The number of ether oxygens (including phenoxy) is 1. The SMILES string of the molecule is CCOc1ccc(-n2c(C)cc(/C=C3\C(=N)N4N=C(S(=O)(=O)CC)SC4=NC3=O)c2C)cc1. The van der Waals surface area contributed by atoms with Crippen LogP contribution in [0, 0.1) is 19.3 Å². The minimum Gasteiger partial charge on any atom is -0.494 e. The van der Waals surface area contributed by atoms with E-state index < -0.39 is 15.7 Å². The number of carbonyl (C=O) groups excluding carboxylic acids is 1. The van der Waals surface area contributed by atoms with Crippen LogP contribution >= 0.6 is 11.8 Å². The van der Waals surface area contributed by atoms with Crippen LogP contribution in [0.15, 0.2) is 46.0 Å². The van der Waals surface area contributed by atoms with Crippen molar-refractivity contribution in [1.82, 2.24) is 9.58 Å². The Kier molecular flexibility index (Phi) is 6.02. The Morgan fingerprint density at radius 1 is 1.18 bits per heavy atom. The fraction of sp³-hybridized carbons (Fsp3) is 0.273. The molecule has 0 spiro atoms. The van der Waals surface area contributed by atoms with E-state index in [9.17, 15) is 13.2 Å². The van der Waals surface area contributed by atoms with E-state index in [1.54, 1.807) is 6.08 Å². The highest BCUT2D eigenvalue weighted by Crippen LogP contribution is 2.31. The first-order valence-corrected chi connectivity index (χ1v) is 12.8. The van der Waals surface area contributed by atoms with Crippen molar-refractivity contribution in [3.8, 4) is 11.4 Å². The summed E-state index contributed by atoms with van der Waals surface area (Å²) in [5.41, 5.74) is 3.58. The van der Waals surface area contributed by atoms with Gasteiger partial charge in [0.1, 0.15) is 5.75 Å². The number of amidine groups is 2. The number of carbonyl (C=O) groups is 1. The molecule has 9 nitrogen and oxygen atoms in total. The summed E-state index contributed by atoms with van der Waals surface area (Å²) in [6.45, 7) is 7.92. The summed E-state index contributed by atoms with van der Waals surface area (Å²) in [5, 5.41) is 13.7. The normalized spacial score (nSPS) is 17.3. The van der Waals surface area contributed by atoms with Gasteiger partial charge in [-0.15, -0.1) is 5.10 Å². The third-order valence-electron chi connectivity index (χ3n) is 5.26. The molecule has 0 saturated carbocycles. The number of amides is 1. The molecule has 2 aliphatic rings. The maximum absolute atomic E-state index is 12.7. The van der Waals surface area contributed by atoms with Gasteiger partial charge in [-0.25, -0.2) is 8.42 Å². The molecule has 2 aliphatic heterocycles. The Bertz CT molecular complexity index is 1350. The van der Waals surface area contributed by atoms with Crippen LogP contribution in [0.2, 0.25) is 0 Å². The topological polar surface area (TPSA) is 117 Å². The first kappa shape index (κ1) is 23.0. The van der Waals surface area contributed by atoms with Gasteiger partial charge < -0.3 is 9.30 Å². The number of aliphatic imine (C=N–C) groups is 1. The largest absolute Gasteiger partial charge is 0.494 e. The summed E-state index contributed by atoms with van der Waals surface area (Å²) in [4.78, 5) is 16.7. The van der Waals surface area contributed by atoms with Crippen LogP contribution in [0.3, 0.4) is 0 Å². The zero-order chi connectivity index (χ0) is 23.9. The number of hydrazone groups is 1. The number of nitrogens with one attached hydrogen (secondary N) is 1. The van der Waals surface area contributed by atoms with Gasteiger partial charge in [-0.3, -0.25) is 10.2 Å². The monoisotopic (exact) mass is 485 g/mol. The van der Waals surface area contributed by atoms with Gasteiger partial charge in [0.15, 0.2) is 5.84 Å². The minimum absolute atomic E-state index is 0.0465. The number of sulfone groups is 1. The van der Waals surface area contributed by atoms with Gasteiger partial charge in [-0.05, 0) is 74.5 Å². The summed E-state index contributed by atoms with van der Waals surface area (Å²) in [5.74, 6) is -0.143. The average molecular weight is 486 g/mol. The molecule has 0 unspecified atom stereocenters. The van der Waals surface area contributed by atoms with Crippen LogP contribution < -0.4 is 4.74 Å². The molecule has 0 aliphatic carbocycles. The maximum Gasteiger partial charge on any atom is 0.283 e. The van der Waals surface area contributed by atoms with Crippen molar-refractivity contribution in [3.63, 3.8) is 0 Å². The Labute approximate surface area is 196 Å². The number of nitrogens with zero attached hydrogens (tertiary/aromatic N) is 4. The third-order valence-corrected chi connectivity index (χ3v) is 8.35. The molecule has 2 aromatic rings. The van der Waals surface area contributed by atoms with E-state index in [1.807, 2.05) is 55.7 Å². The summed E-state index contributed by atoms with van der Waals surface area (Å²) in [7, 11) is -3.57. The molecule has 1 N–H and O–H groups in total. The second-order valence-corrected chi connectivity index (χ2v) is 10.8. The van der Waals surface area contributed by atoms with Crippen molar-refractivity contribution in [2.75, 3.05) is 12.4 Å². The van der Waals surface area contributed by atoms with Crippen molar-refractivity contribution in [2.24, 2.45) is 10.1 Å². The second-order valence-electron chi connectivity index (χ2n) is 7.38. The van der Waals surface area contributed by atoms with Crippen molar-refractivity contribution < 1.29 is 17.9 Å². The molecule has 172 valence electrons. The molecule has 1 aromatic carbocycles. The predicted molar refractivity (Wildman–Crippen MR) is 131 cm³/mol. The molecule has 0 bridgehead atoms. The Morgan fingerprint density at radius 2 is 1.88 bits per heavy atom. The lowest BCUT2D eigenvalue weighted by Crippen LogP contribution is -2.35. The lowest BCUT2D eigenvalue weighted by Gasteiger charge is -2.20. The highest BCUT2D eigenvalue weighted by atomic mass is 32.3. The quantitative estimate of drug-likeness (QED) is 0.648. The number of fused-ring (bicyclic) bond motifs is 1. The Hall–Kier alpha value is -3.18. The van der Waals surface area contributed by atoms with Crippen molar-refractivity contribution in [2.45, 2.75) is 27.7 Å². The van der Waals surface area contributed by atoms with Gasteiger partial charge >= 0.3 is 0 Å². The predicted octanol–water partition coefficient (Wildman–Crippen LogP) is 3.50. The van der Waals surface area contributed by atoms with Gasteiger partial charge in [0.25, 0.3) is 5.91 Å². The van der Waals surface area contributed by atoms with Crippen LogP contribution in [0.4, 0.5) is 0 Å². The molecule has 4 rings (SSSR count). The number of thioether (sulfide) groups is 1. The average Bonchev–Trinajstić information content (AvgIpc) is 3.33. The van der Waals surface area contributed by atoms with Gasteiger partial charge in [-0.1, -0.05) is 6.92 Å². The molecule has 0 radical (unpaired) electrons. The fourth-order valence-electron chi connectivity index (χ4n) is 3.57. The zero-order valence-electron chi connectivity index (χ0n) is 18.6. The van der Waals surface area contributed by atoms with E-state index in [0.29, 0.717) is 6.61 Å². The molecule has 0 atom stereocenters. The highest BCUT2D eigenvalue weighted by molar-refractivity contribution is 8.42. The molecule has 0 fully saturated rings. The summed E-state index contributed by atoms with van der Waals surface area (Å²) < 4.78 is 31.7. The molecule has 11 heteroatoms. The van der Waals surface area contributed by atoms with Gasteiger partial charge in [-0.2, -0.15) is 10.0 Å². The van der Waals surface area contributed by atoms with Crippen molar-refractivity contribution in [3.05, 3.63) is 52.9 Å². The standard InChI is InChI=1S/C22H23N5O4S2/c1-5-31-17-9-7-16(8-10-17)26-13(3)11-15(14(26)4)12-18-19(23)27-21(24-20(18)28)32-22(25-27)33(29,30)6-2/h7-12,23H,5-6H2,1-4H3/b18-12+,23-19?. The number of hydrogen-bond donors (Lipinski definition) is 1. The lowest BCUT2D eigenvalue weighted by atomic mass is 10.1. The molecule has 1 amide bonds. The minimum atomic E-state index is -3.57. The molecule has 33 heavy (non-hydrogen) atoms. The van der Waals surface area contributed by atoms with Gasteiger partial charge in [0.2, 0.25) is 19.4 Å². The number of benzene rings is 1. The Morgan fingerprint density at radius 3 is 2.52 bits per heavy atom. The fourth-order valence-corrected chi connectivity index (χ4v) is 5.73. The number of hydrogen-bond acceptors (Lipinski definition) is 7. The van der Waals surface area contributed by atoms with Gasteiger partial charge in [0.05, 0.1) is 17.9 Å². The van der Waals surface area contributed by atoms with E-state index >= 15 is 0 Å². The molecule has 0 saturated heterocycles. The highest BCUT2D eigenvalue weighted by Gasteiger charge is 2.39. The van der Waals surface area contributed by atoms with E-state index in [-0.39, 0.29) is 26.7 Å². The summed E-state index contributed by atoms with van der Waals surface area (Å²) >= 11 is 0.788. The van der Waals surface area contributed by atoms with Crippen molar-refractivity contribution >= 4 is 49.0 Å². The van der Waals surface area contributed by atoms with Crippen molar-refractivity contribution in [1.29, 1.82) is 5.41 Å².